The van der Waals surface area contributed by atoms with Gasteiger partial charge in [0.25, 0.3) is 0 Å². The van der Waals surface area contributed by atoms with E-state index in [1.807, 2.05) is 0 Å². The van der Waals surface area contributed by atoms with E-state index in [4.69, 9.17) is 5.73 Å². The molecule has 0 radical (unpaired) electrons. The monoisotopic (exact) mass is 275 g/mol. The summed E-state index contributed by atoms with van der Waals surface area (Å²) in [5, 5.41) is 0. The van der Waals surface area contributed by atoms with E-state index in [1.54, 1.807) is 24.3 Å². The second-order valence-corrected chi connectivity index (χ2v) is 4.19. The number of fused-ring (bicyclic) bond motifs is 1. The van der Waals surface area contributed by atoms with Crippen LogP contribution < -0.4 is 5.73 Å². The highest BCUT2D eigenvalue weighted by Gasteiger charge is 2.18. The molecule has 0 fully saturated rings. The van der Waals surface area contributed by atoms with Gasteiger partial charge in [-0.2, -0.15) is 0 Å². The Bertz CT molecular complexity index is 795. The van der Waals surface area contributed by atoms with Gasteiger partial charge in [0.1, 0.15) is 23.1 Å². The van der Waals surface area contributed by atoms with Gasteiger partial charge in [-0.15, -0.1) is 0 Å². The highest BCUT2D eigenvalue weighted by atomic mass is 19.1. The predicted octanol–water partition coefficient (Wildman–Crippen LogP) is 3.30. The zero-order chi connectivity index (χ0) is 14.3. The Kier molecular flexibility index (Phi) is 2.78. The Hall–Kier alpha value is -2.63. The lowest BCUT2D eigenvalue weighted by Gasteiger charge is -2.08. The van der Waals surface area contributed by atoms with Crippen molar-refractivity contribution in [1.82, 2.24) is 9.97 Å². The van der Waals surface area contributed by atoms with Crippen molar-refractivity contribution in [3.63, 3.8) is 0 Å². The molecule has 2 N–H and O–H groups in total. The topological polar surface area (TPSA) is 51.8 Å². The minimum atomic E-state index is -1.07. The molecule has 0 aliphatic carbocycles. The molecule has 1 aromatic heterocycles. The van der Waals surface area contributed by atoms with Crippen LogP contribution in [0.25, 0.3) is 22.3 Å². The summed E-state index contributed by atoms with van der Waals surface area (Å²) in [5.74, 6) is -3.26. The molecule has 0 bridgehead atoms. The molecule has 6 heteroatoms. The van der Waals surface area contributed by atoms with E-state index in [2.05, 4.69) is 9.97 Å². The van der Waals surface area contributed by atoms with Crippen molar-refractivity contribution in [2.75, 3.05) is 5.73 Å². The molecule has 0 aliphatic heterocycles. The van der Waals surface area contributed by atoms with Gasteiger partial charge in [-0.3, -0.25) is 0 Å². The Balaban J connectivity index is 2.32. The predicted molar refractivity (Wildman–Crippen MR) is 69.3 cm³/mol. The molecule has 0 amide bonds. The highest BCUT2D eigenvalue weighted by Crippen LogP contribution is 2.30. The van der Waals surface area contributed by atoms with Crippen LogP contribution in [-0.2, 0) is 0 Å². The first kappa shape index (κ1) is 12.4. The number of halogens is 3. The molecule has 20 heavy (non-hydrogen) atoms. The zero-order valence-corrected chi connectivity index (χ0v) is 10.1. The van der Waals surface area contributed by atoms with E-state index in [-0.39, 0.29) is 11.5 Å². The summed E-state index contributed by atoms with van der Waals surface area (Å²) in [7, 11) is 0. The van der Waals surface area contributed by atoms with Crippen molar-refractivity contribution in [2.45, 2.75) is 0 Å². The molecule has 0 saturated heterocycles. The fourth-order valence-electron chi connectivity index (χ4n) is 1.97. The molecule has 100 valence electrons. The standard InChI is InChI=1S/C14H8F3N3/c15-7-5-8(16)12(9(17)6-7)13-14(18)20-11-4-2-1-3-10(11)19-13/h1-6H,(H2,18,20). The molecule has 3 aromatic rings. The largest absolute Gasteiger partial charge is 0.382 e. The summed E-state index contributed by atoms with van der Waals surface area (Å²) < 4.78 is 40.5. The Morgan fingerprint density at radius 3 is 2.00 bits per heavy atom. The number of para-hydroxylation sites is 2. The van der Waals surface area contributed by atoms with Gasteiger partial charge in [0.05, 0.1) is 16.6 Å². The van der Waals surface area contributed by atoms with Gasteiger partial charge in [-0.25, -0.2) is 23.1 Å². The van der Waals surface area contributed by atoms with Crippen molar-refractivity contribution in [3.8, 4) is 11.3 Å². The van der Waals surface area contributed by atoms with Gasteiger partial charge in [-0.1, -0.05) is 12.1 Å². The summed E-state index contributed by atoms with van der Waals surface area (Å²) in [6.07, 6.45) is 0. The van der Waals surface area contributed by atoms with Crippen molar-refractivity contribution in [1.29, 1.82) is 0 Å². The minimum Gasteiger partial charge on any atom is -0.382 e. The first-order valence-electron chi connectivity index (χ1n) is 5.73. The van der Waals surface area contributed by atoms with E-state index in [0.29, 0.717) is 23.2 Å². The summed E-state index contributed by atoms with van der Waals surface area (Å²) in [5.41, 5.74) is 6.02. The van der Waals surface area contributed by atoms with Crippen LogP contribution in [0, 0.1) is 17.5 Å². The SMILES string of the molecule is Nc1nc2ccccc2nc1-c1c(F)cc(F)cc1F. The van der Waals surface area contributed by atoms with E-state index >= 15 is 0 Å². The normalized spacial score (nSPS) is 10.9. The molecular weight excluding hydrogens is 267 g/mol. The zero-order valence-electron chi connectivity index (χ0n) is 10.1. The molecule has 0 spiro atoms. The van der Waals surface area contributed by atoms with Crippen LogP contribution in [0.15, 0.2) is 36.4 Å². The Morgan fingerprint density at radius 1 is 0.850 bits per heavy atom. The summed E-state index contributed by atoms with van der Waals surface area (Å²) in [6, 6.07) is 7.94. The van der Waals surface area contributed by atoms with Crippen LogP contribution in [-0.4, -0.2) is 9.97 Å². The number of benzene rings is 2. The van der Waals surface area contributed by atoms with E-state index in [0.717, 1.165) is 0 Å². The third-order valence-corrected chi connectivity index (χ3v) is 2.84. The van der Waals surface area contributed by atoms with Crippen LogP contribution >= 0.6 is 0 Å². The molecule has 2 aromatic carbocycles. The lowest BCUT2D eigenvalue weighted by molar-refractivity contribution is 0.547. The molecule has 0 saturated carbocycles. The number of aromatic nitrogens is 2. The molecular formula is C14H8F3N3. The molecule has 3 nitrogen and oxygen atoms in total. The summed E-state index contributed by atoms with van der Waals surface area (Å²) in [6.45, 7) is 0. The maximum absolute atomic E-state index is 13.8. The van der Waals surface area contributed by atoms with Gasteiger partial charge in [0.2, 0.25) is 0 Å². The van der Waals surface area contributed by atoms with Crippen molar-refractivity contribution >= 4 is 16.9 Å². The first-order chi connectivity index (χ1) is 9.56. The van der Waals surface area contributed by atoms with Crippen LogP contribution in [0.3, 0.4) is 0 Å². The van der Waals surface area contributed by atoms with Gasteiger partial charge in [0.15, 0.2) is 5.82 Å². The maximum Gasteiger partial charge on any atom is 0.150 e. The average Bonchev–Trinajstić information content (AvgIpc) is 2.38. The minimum absolute atomic E-state index is 0.117. The fraction of sp³-hybridized carbons (Fsp3) is 0. The van der Waals surface area contributed by atoms with Crippen LogP contribution in [0.4, 0.5) is 19.0 Å². The first-order valence-corrected chi connectivity index (χ1v) is 5.73. The van der Waals surface area contributed by atoms with E-state index in [9.17, 15) is 13.2 Å². The number of nitrogens with zero attached hydrogens (tertiary/aromatic N) is 2. The second-order valence-electron chi connectivity index (χ2n) is 4.19. The lowest BCUT2D eigenvalue weighted by Crippen LogP contribution is -2.02. The van der Waals surface area contributed by atoms with Gasteiger partial charge < -0.3 is 5.73 Å². The maximum atomic E-state index is 13.8. The Labute approximate surface area is 111 Å². The molecule has 0 unspecified atom stereocenters. The Morgan fingerprint density at radius 2 is 1.40 bits per heavy atom. The quantitative estimate of drug-likeness (QED) is 0.741. The summed E-state index contributed by atoms with van der Waals surface area (Å²) >= 11 is 0. The third kappa shape index (κ3) is 1.95. The van der Waals surface area contributed by atoms with Crippen molar-refractivity contribution < 1.29 is 13.2 Å². The fourth-order valence-corrected chi connectivity index (χ4v) is 1.97. The van der Waals surface area contributed by atoms with Crippen LogP contribution in [0.5, 0.6) is 0 Å². The van der Waals surface area contributed by atoms with E-state index < -0.39 is 23.0 Å². The van der Waals surface area contributed by atoms with E-state index in [1.165, 1.54) is 0 Å². The summed E-state index contributed by atoms with van der Waals surface area (Å²) in [4.78, 5) is 8.15. The van der Waals surface area contributed by atoms with Crippen molar-refractivity contribution in [2.24, 2.45) is 0 Å². The van der Waals surface area contributed by atoms with Crippen LogP contribution in [0.2, 0.25) is 0 Å². The number of anilines is 1. The second kappa shape index (κ2) is 4.48. The molecule has 1 heterocycles. The smallest absolute Gasteiger partial charge is 0.150 e. The number of nitrogens with two attached hydrogens (primary N) is 1. The van der Waals surface area contributed by atoms with Gasteiger partial charge >= 0.3 is 0 Å². The third-order valence-electron chi connectivity index (χ3n) is 2.84. The number of nitrogen functional groups attached to an aromatic ring is 1. The average molecular weight is 275 g/mol. The van der Waals surface area contributed by atoms with Crippen molar-refractivity contribution in [3.05, 3.63) is 53.8 Å². The number of hydrogen-bond acceptors (Lipinski definition) is 3. The van der Waals surface area contributed by atoms with Crippen LogP contribution in [0.1, 0.15) is 0 Å². The van der Waals surface area contributed by atoms with Gasteiger partial charge in [-0.05, 0) is 12.1 Å². The molecule has 3 rings (SSSR count). The molecule has 0 atom stereocenters. The van der Waals surface area contributed by atoms with Gasteiger partial charge in [0, 0.05) is 12.1 Å². The number of rotatable bonds is 1. The molecule has 0 aliphatic rings. The number of hydrogen-bond donors (Lipinski definition) is 1. The lowest BCUT2D eigenvalue weighted by atomic mass is 10.1. The highest BCUT2D eigenvalue weighted by molar-refractivity contribution is 5.82.